The van der Waals surface area contributed by atoms with Crippen LogP contribution >= 0.6 is 11.8 Å². The molecule has 28 heavy (non-hydrogen) atoms. The second-order valence-electron chi connectivity index (χ2n) is 7.07. The van der Waals surface area contributed by atoms with E-state index in [9.17, 15) is 0 Å². The van der Waals surface area contributed by atoms with Gasteiger partial charge in [-0.05, 0) is 24.5 Å². The van der Waals surface area contributed by atoms with Crippen LogP contribution in [-0.4, -0.2) is 32.5 Å². The summed E-state index contributed by atoms with van der Waals surface area (Å²) in [6, 6.07) is 18.8. The van der Waals surface area contributed by atoms with E-state index in [1.54, 1.807) is 11.8 Å². The lowest BCUT2D eigenvalue weighted by molar-refractivity contribution is 0.0953. The maximum absolute atomic E-state index is 5.91. The van der Waals surface area contributed by atoms with Crippen LogP contribution in [0.3, 0.4) is 0 Å². The predicted molar refractivity (Wildman–Crippen MR) is 112 cm³/mol. The standard InChI is InChI=1S/C22H22N4OS/c1-2-7-16(8-3-1)15-28-22-25-24-21(26(22)14-17-9-6-12-27-17)19-13-23-20-11-5-4-10-18(19)20/h1-5,7-8,10-11,13,17,23H,6,9,12,14-15H2. The summed E-state index contributed by atoms with van der Waals surface area (Å²) in [5.74, 6) is 1.78. The van der Waals surface area contributed by atoms with Crippen molar-refractivity contribution in [1.29, 1.82) is 0 Å². The molecule has 5 rings (SSSR count). The fraction of sp³-hybridized carbons (Fsp3) is 0.273. The number of benzene rings is 2. The summed E-state index contributed by atoms with van der Waals surface area (Å²) in [4.78, 5) is 3.36. The van der Waals surface area contributed by atoms with Crippen molar-refractivity contribution in [2.75, 3.05) is 6.61 Å². The number of ether oxygens (including phenoxy) is 1. The Morgan fingerprint density at radius 2 is 1.93 bits per heavy atom. The molecule has 0 radical (unpaired) electrons. The number of hydrogen-bond acceptors (Lipinski definition) is 4. The van der Waals surface area contributed by atoms with Gasteiger partial charge < -0.3 is 9.72 Å². The quantitative estimate of drug-likeness (QED) is 0.476. The number of rotatable bonds is 6. The molecule has 1 unspecified atom stereocenters. The monoisotopic (exact) mass is 390 g/mol. The van der Waals surface area contributed by atoms with E-state index < -0.39 is 0 Å². The van der Waals surface area contributed by atoms with Gasteiger partial charge in [-0.25, -0.2) is 0 Å². The highest BCUT2D eigenvalue weighted by atomic mass is 32.2. The van der Waals surface area contributed by atoms with Crippen molar-refractivity contribution in [3.63, 3.8) is 0 Å². The lowest BCUT2D eigenvalue weighted by Crippen LogP contribution is -2.16. The average Bonchev–Trinajstić information content (AvgIpc) is 3.48. The Hall–Kier alpha value is -2.57. The lowest BCUT2D eigenvalue weighted by Gasteiger charge is -2.14. The molecule has 1 saturated heterocycles. The topological polar surface area (TPSA) is 55.7 Å². The maximum atomic E-state index is 5.91. The van der Waals surface area contributed by atoms with Crippen molar-refractivity contribution in [2.24, 2.45) is 0 Å². The molecule has 1 aliphatic heterocycles. The van der Waals surface area contributed by atoms with Crippen LogP contribution in [0.5, 0.6) is 0 Å². The largest absolute Gasteiger partial charge is 0.376 e. The molecular formula is C22H22N4OS. The number of aromatic amines is 1. The second kappa shape index (κ2) is 7.81. The zero-order valence-electron chi connectivity index (χ0n) is 15.5. The van der Waals surface area contributed by atoms with Crippen molar-refractivity contribution >= 4 is 22.7 Å². The van der Waals surface area contributed by atoms with Crippen LogP contribution in [0, 0.1) is 0 Å². The molecular weight excluding hydrogens is 368 g/mol. The minimum Gasteiger partial charge on any atom is -0.376 e. The molecule has 6 heteroatoms. The predicted octanol–water partition coefficient (Wildman–Crippen LogP) is 4.90. The van der Waals surface area contributed by atoms with Gasteiger partial charge in [0.1, 0.15) is 0 Å². The van der Waals surface area contributed by atoms with Gasteiger partial charge in [0.25, 0.3) is 0 Å². The minimum absolute atomic E-state index is 0.232. The van der Waals surface area contributed by atoms with Gasteiger partial charge in [-0.2, -0.15) is 0 Å². The fourth-order valence-corrected chi connectivity index (χ4v) is 4.63. The SMILES string of the molecule is c1ccc(CSc2nnc(-c3c[nH]c4ccccc34)n2CC2CCCO2)cc1. The first-order valence-corrected chi connectivity index (χ1v) is 10.6. The van der Waals surface area contributed by atoms with Crippen LogP contribution in [0.2, 0.25) is 0 Å². The van der Waals surface area contributed by atoms with Gasteiger partial charge in [0.15, 0.2) is 11.0 Å². The van der Waals surface area contributed by atoms with Crippen LogP contribution in [-0.2, 0) is 17.0 Å². The third-order valence-electron chi connectivity index (χ3n) is 5.17. The van der Waals surface area contributed by atoms with Gasteiger partial charge in [0.05, 0.1) is 12.6 Å². The van der Waals surface area contributed by atoms with Crippen LogP contribution < -0.4 is 0 Å². The maximum Gasteiger partial charge on any atom is 0.191 e. The molecule has 1 fully saturated rings. The number of H-pyrrole nitrogens is 1. The summed E-state index contributed by atoms with van der Waals surface area (Å²) in [7, 11) is 0. The van der Waals surface area contributed by atoms with Crippen LogP contribution in [0.1, 0.15) is 18.4 Å². The van der Waals surface area contributed by atoms with Crippen LogP contribution in [0.4, 0.5) is 0 Å². The number of para-hydroxylation sites is 1. The summed E-state index contributed by atoms with van der Waals surface area (Å²) >= 11 is 1.73. The Labute approximate surface area is 168 Å². The van der Waals surface area contributed by atoms with E-state index in [1.807, 2.05) is 18.3 Å². The summed E-state index contributed by atoms with van der Waals surface area (Å²) in [5.41, 5.74) is 3.49. The minimum atomic E-state index is 0.232. The first-order chi connectivity index (χ1) is 13.9. The van der Waals surface area contributed by atoms with E-state index in [1.165, 1.54) is 10.9 Å². The van der Waals surface area contributed by atoms with Crippen molar-refractivity contribution in [1.82, 2.24) is 19.7 Å². The highest BCUT2D eigenvalue weighted by Gasteiger charge is 2.23. The van der Waals surface area contributed by atoms with Gasteiger partial charge in [0.2, 0.25) is 0 Å². The van der Waals surface area contributed by atoms with E-state index in [0.717, 1.165) is 53.8 Å². The van der Waals surface area contributed by atoms with Crippen molar-refractivity contribution in [2.45, 2.75) is 36.4 Å². The lowest BCUT2D eigenvalue weighted by atomic mass is 10.1. The van der Waals surface area contributed by atoms with Gasteiger partial charge >= 0.3 is 0 Å². The molecule has 0 bridgehead atoms. The zero-order valence-corrected chi connectivity index (χ0v) is 16.4. The van der Waals surface area contributed by atoms with Crippen LogP contribution in [0.25, 0.3) is 22.3 Å². The van der Waals surface area contributed by atoms with Gasteiger partial charge in [-0.3, -0.25) is 4.57 Å². The Bertz CT molecular complexity index is 1070. The Balaban J connectivity index is 1.50. The van der Waals surface area contributed by atoms with Gasteiger partial charge in [0, 0.05) is 35.0 Å². The molecule has 1 N–H and O–H groups in total. The molecule has 2 aromatic carbocycles. The molecule has 0 aliphatic carbocycles. The highest BCUT2D eigenvalue weighted by Crippen LogP contribution is 2.32. The molecule has 0 amide bonds. The van der Waals surface area contributed by atoms with Crippen molar-refractivity contribution in [3.05, 3.63) is 66.4 Å². The van der Waals surface area contributed by atoms with Crippen molar-refractivity contribution in [3.8, 4) is 11.4 Å². The normalized spacial score (nSPS) is 16.8. The van der Waals surface area contributed by atoms with Gasteiger partial charge in [-0.1, -0.05) is 60.3 Å². The fourth-order valence-electron chi connectivity index (χ4n) is 3.73. The summed E-state index contributed by atoms with van der Waals surface area (Å²) in [6.07, 6.45) is 4.48. The zero-order chi connectivity index (χ0) is 18.8. The summed E-state index contributed by atoms with van der Waals surface area (Å²) < 4.78 is 8.15. The van der Waals surface area contributed by atoms with E-state index in [2.05, 4.69) is 62.2 Å². The highest BCUT2D eigenvalue weighted by molar-refractivity contribution is 7.98. The molecule has 0 saturated carbocycles. The number of nitrogens with zero attached hydrogens (tertiary/aromatic N) is 3. The van der Waals surface area contributed by atoms with Crippen molar-refractivity contribution < 1.29 is 4.74 Å². The number of thioether (sulfide) groups is 1. The second-order valence-corrected chi connectivity index (χ2v) is 8.02. The summed E-state index contributed by atoms with van der Waals surface area (Å²) in [5, 5.41) is 11.2. The first-order valence-electron chi connectivity index (χ1n) is 9.66. The first kappa shape index (κ1) is 17.5. The summed E-state index contributed by atoms with van der Waals surface area (Å²) in [6.45, 7) is 1.64. The third-order valence-corrected chi connectivity index (χ3v) is 6.21. The number of nitrogens with one attached hydrogen (secondary N) is 1. The molecule has 0 spiro atoms. The average molecular weight is 391 g/mol. The number of hydrogen-bond donors (Lipinski definition) is 1. The van der Waals surface area contributed by atoms with E-state index >= 15 is 0 Å². The molecule has 1 aliphatic rings. The number of aromatic nitrogens is 4. The smallest absolute Gasteiger partial charge is 0.191 e. The van der Waals surface area contributed by atoms with Gasteiger partial charge in [-0.15, -0.1) is 10.2 Å². The molecule has 3 heterocycles. The van der Waals surface area contributed by atoms with E-state index in [0.29, 0.717) is 0 Å². The third kappa shape index (κ3) is 3.45. The number of fused-ring (bicyclic) bond motifs is 1. The van der Waals surface area contributed by atoms with E-state index in [4.69, 9.17) is 4.74 Å². The molecule has 1 atom stereocenters. The Morgan fingerprint density at radius 3 is 2.79 bits per heavy atom. The molecule has 4 aromatic rings. The van der Waals surface area contributed by atoms with Crippen LogP contribution in [0.15, 0.2) is 66.0 Å². The molecule has 2 aromatic heterocycles. The molecule has 5 nitrogen and oxygen atoms in total. The molecule has 142 valence electrons. The van der Waals surface area contributed by atoms with E-state index in [-0.39, 0.29) is 6.10 Å². The Kier molecular flexibility index (Phi) is 4.89. The Morgan fingerprint density at radius 1 is 1.07 bits per heavy atom.